The summed E-state index contributed by atoms with van der Waals surface area (Å²) >= 11 is 0. The van der Waals surface area contributed by atoms with E-state index in [0.717, 1.165) is 13.8 Å². The number of carbonyl (C=O) groups excluding carboxylic acids is 2. The first-order valence-electron chi connectivity index (χ1n) is 7.87. The number of nitro groups is 4. The standard InChI is InChI=1S/C12H19N5O12/c1-9(18)28-5-3-11(14(20)21,15(22)23)7-13-8-12(16(24)25,17(26)27)4-6-29-10(2)19/h13H,3-8H2,1-2H3. The van der Waals surface area contributed by atoms with E-state index in [9.17, 15) is 50.0 Å². The van der Waals surface area contributed by atoms with Gasteiger partial charge in [-0.15, -0.1) is 0 Å². The van der Waals surface area contributed by atoms with Crippen LogP contribution >= 0.6 is 0 Å². The zero-order chi connectivity index (χ0) is 22.8. The number of nitrogens with one attached hydrogen (secondary N) is 1. The Morgan fingerprint density at radius 2 is 1.00 bits per heavy atom. The van der Waals surface area contributed by atoms with Gasteiger partial charge in [0.2, 0.25) is 0 Å². The van der Waals surface area contributed by atoms with Crippen molar-refractivity contribution in [1.29, 1.82) is 0 Å². The largest absolute Gasteiger partial charge is 0.473 e. The predicted octanol–water partition coefficient (Wildman–Crippen LogP) is -1.02. The first kappa shape index (κ1) is 25.5. The maximum Gasteiger partial charge on any atom is 0.473 e. The zero-order valence-corrected chi connectivity index (χ0v) is 15.4. The van der Waals surface area contributed by atoms with Crippen molar-refractivity contribution >= 4 is 11.9 Å². The van der Waals surface area contributed by atoms with Crippen LogP contribution in [0.4, 0.5) is 0 Å². The number of nitrogens with zero attached hydrogens (tertiary/aromatic N) is 4. The van der Waals surface area contributed by atoms with Crippen LogP contribution in [0.25, 0.3) is 0 Å². The molecule has 17 nitrogen and oxygen atoms in total. The molecule has 0 aromatic rings. The van der Waals surface area contributed by atoms with Crippen LogP contribution in [0, 0.1) is 40.5 Å². The average Bonchev–Trinajstić information content (AvgIpc) is 2.57. The Hall–Kier alpha value is -3.50. The number of carbonyl (C=O) groups is 2. The van der Waals surface area contributed by atoms with Crippen molar-refractivity contribution in [2.24, 2.45) is 0 Å². The second kappa shape index (κ2) is 10.7. The molecule has 1 N–H and O–H groups in total. The van der Waals surface area contributed by atoms with Crippen LogP contribution in [-0.4, -0.2) is 69.3 Å². The van der Waals surface area contributed by atoms with Gasteiger partial charge in [-0.25, -0.2) is 0 Å². The third kappa shape index (κ3) is 6.87. The van der Waals surface area contributed by atoms with Gasteiger partial charge >= 0.3 is 23.3 Å². The highest BCUT2D eigenvalue weighted by molar-refractivity contribution is 5.66. The fraction of sp³-hybridized carbons (Fsp3) is 0.833. The molecule has 0 unspecified atom stereocenters. The predicted molar refractivity (Wildman–Crippen MR) is 88.8 cm³/mol. The van der Waals surface area contributed by atoms with Crippen LogP contribution < -0.4 is 5.32 Å². The van der Waals surface area contributed by atoms with Crippen molar-refractivity contribution in [2.75, 3.05) is 26.3 Å². The van der Waals surface area contributed by atoms with Gasteiger partial charge in [-0.2, -0.15) is 0 Å². The molecule has 0 atom stereocenters. The normalized spacial score (nSPS) is 11.4. The van der Waals surface area contributed by atoms with E-state index < -0.39 is 82.1 Å². The molecule has 0 saturated carbocycles. The fourth-order valence-corrected chi connectivity index (χ4v) is 2.11. The molecule has 17 heteroatoms. The Morgan fingerprint density at radius 1 is 0.724 bits per heavy atom. The Labute approximate surface area is 161 Å². The first-order valence-corrected chi connectivity index (χ1v) is 7.87. The lowest BCUT2D eigenvalue weighted by Crippen LogP contribution is -2.59. The summed E-state index contributed by atoms with van der Waals surface area (Å²) in [6.45, 7) is -1.70. The van der Waals surface area contributed by atoms with Crippen molar-refractivity contribution < 1.29 is 38.8 Å². The number of rotatable bonds is 14. The van der Waals surface area contributed by atoms with Gasteiger partial charge < -0.3 is 9.47 Å². The monoisotopic (exact) mass is 425 g/mol. The molecule has 0 aliphatic carbocycles. The number of hydrogen-bond acceptors (Lipinski definition) is 13. The molecule has 0 aromatic heterocycles. The average molecular weight is 425 g/mol. The van der Waals surface area contributed by atoms with Gasteiger partial charge in [0.05, 0.1) is 19.7 Å². The van der Waals surface area contributed by atoms with Gasteiger partial charge in [-0.05, 0) is 0 Å². The maximum absolute atomic E-state index is 11.3. The molecule has 0 rings (SSSR count). The lowest BCUT2D eigenvalue weighted by Gasteiger charge is -2.20. The molecule has 164 valence electrons. The van der Waals surface area contributed by atoms with Crippen LogP contribution in [0.5, 0.6) is 0 Å². The summed E-state index contributed by atoms with van der Waals surface area (Å²) < 4.78 is 8.91. The molecule has 0 heterocycles. The van der Waals surface area contributed by atoms with Crippen molar-refractivity contribution in [3.05, 3.63) is 40.5 Å². The van der Waals surface area contributed by atoms with Crippen LogP contribution in [0.1, 0.15) is 26.7 Å². The molecule has 0 spiro atoms. The van der Waals surface area contributed by atoms with E-state index in [1.807, 2.05) is 5.32 Å². The molecule has 0 fully saturated rings. The molecular formula is C12H19N5O12. The molecule has 0 bridgehead atoms. The van der Waals surface area contributed by atoms with Gasteiger partial charge in [0.1, 0.15) is 39.1 Å². The quantitative estimate of drug-likeness (QED) is 0.152. The second-order valence-corrected chi connectivity index (χ2v) is 5.78. The summed E-state index contributed by atoms with van der Waals surface area (Å²) in [6.07, 6.45) is -1.78. The van der Waals surface area contributed by atoms with E-state index in [1.165, 1.54) is 0 Å². The molecule has 0 radical (unpaired) electrons. The summed E-state index contributed by atoms with van der Waals surface area (Å²) in [6, 6.07) is 0. The Morgan fingerprint density at radius 3 is 1.21 bits per heavy atom. The SMILES string of the molecule is CC(=O)OCCC(CNCC(CCOC(C)=O)([N+](=O)[O-])[N+](=O)[O-])([N+](=O)[O-])[N+](=O)[O-]. The van der Waals surface area contributed by atoms with E-state index in [4.69, 9.17) is 0 Å². The maximum atomic E-state index is 11.3. The minimum atomic E-state index is -2.95. The first-order chi connectivity index (χ1) is 13.3. The molecule has 0 aliphatic rings. The summed E-state index contributed by atoms with van der Waals surface area (Å²) in [5.41, 5.74) is -5.91. The molecular weight excluding hydrogens is 406 g/mol. The Bertz CT molecular complexity index is 596. The smallest absolute Gasteiger partial charge is 0.465 e. The summed E-state index contributed by atoms with van der Waals surface area (Å²) in [5.74, 6) is -1.69. The third-order valence-corrected chi connectivity index (χ3v) is 3.79. The van der Waals surface area contributed by atoms with Crippen LogP contribution in [-0.2, 0) is 19.1 Å². The summed E-state index contributed by atoms with van der Waals surface area (Å²) in [7, 11) is 0. The van der Waals surface area contributed by atoms with Crippen molar-refractivity contribution in [3.8, 4) is 0 Å². The molecule has 0 aliphatic heterocycles. The number of esters is 2. The van der Waals surface area contributed by atoms with Crippen LogP contribution in [0.2, 0.25) is 0 Å². The second-order valence-electron chi connectivity index (χ2n) is 5.78. The topological polar surface area (TPSA) is 237 Å². The minimum absolute atomic E-state index is 0.693. The van der Waals surface area contributed by atoms with Crippen LogP contribution in [0.15, 0.2) is 0 Å². The lowest BCUT2D eigenvalue weighted by molar-refractivity contribution is -0.800. The number of ether oxygens (including phenoxy) is 2. The van der Waals surface area contributed by atoms with Gasteiger partial charge in [-0.1, -0.05) is 0 Å². The van der Waals surface area contributed by atoms with Crippen molar-refractivity contribution in [3.63, 3.8) is 0 Å². The Kier molecular flexibility index (Phi) is 9.44. The number of hydrogen-bond donors (Lipinski definition) is 1. The van der Waals surface area contributed by atoms with E-state index in [2.05, 4.69) is 9.47 Å². The van der Waals surface area contributed by atoms with Crippen LogP contribution in [0.3, 0.4) is 0 Å². The molecule has 0 amide bonds. The van der Waals surface area contributed by atoms with Gasteiger partial charge in [0.25, 0.3) is 0 Å². The van der Waals surface area contributed by atoms with Gasteiger partial charge in [-0.3, -0.25) is 55.4 Å². The Balaban J connectivity index is 5.45. The van der Waals surface area contributed by atoms with E-state index in [-0.39, 0.29) is 0 Å². The summed E-state index contributed by atoms with van der Waals surface area (Å²) in [4.78, 5) is 61.4. The third-order valence-electron chi connectivity index (χ3n) is 3.79. The van der Waals surface area contributed by atoms with Gasteiger partial charge in [0.15, 0.2) is 0 Å². The van der Waals surface area contributed by atoms with E-state index in [0.29, 0.717) is 0 Å². The lowest BCUT2D eigenvalue weighted by atomic mass is 10.1. The van der Waals surface area contributed by atoms with Gasteiger partial charge in [0, 0.05) is 13.8 Å². The minimum Gasteiger partial charge on any atom is -0.465 e. The van der Waals surface area contributed by atoms with Crippen molar-refractivity contribution in [2.45, 2.75) is 38.0 Å². The van der Waals surface area contributed by atoms with E-state index in [1.54, 1.807) is 0 Å². The highest BCUT2D eigenvalue weighted by atomic mass is 16.7. The molecule has 0 aromatic carbocycles. The molecule has 0 saturated heterocycles. The van der Waals surface area contributed by atoms with Crippen molar-refractivity contribution in [1.82, 2.24) is 5.32 Å². The molecule has 29 heavy (non-hydrogen) atoms. The highest BCUT2D eigenvalue weighted by Crippen LogP contribution is 2.19. The van der Waals surface area contributed by atoms with E-state index >= 15 is 0 Å². The highest BCUT2D eigenvalue weighted by Gasteiger charge is 2.59. The summed E-state index contributed by atoms with van der Waals surface area (Å²) in [5, 5.41) is 47.1. The fourth-order valence-electron chi connectivity index (χ4n) is 2.11. The zero-order valence-electron chi connectivity index (χ0n) is 15.4.